The summed E-state index contributed by atoms with van der Waals surface area (Å²) in [5.41, 5.74) is -0.647. The zero-order chi connectivity index (χ0) is 13.8. The minimum Gasteiger partial charge on any atom is -0.466 e. The van der Waals surface area contributed by atoms with Gasteiger partial charge in [-0.2, -0.15) is 0 Å². The van der Waals surface area contributed by atoms with E-state index in [1.165, 1.54) is 0 Å². The van der Waals surface area contributed by atoms with Crippen LogP contribution in [0.4, 0.5) is 0 Å². The second kappa shape index (κ2) is 6.32. The summed E-state index contributed by atoms with van der Waals surface area (Å²) < 4.78 is 11.0. The fourth-order valence-electron chi connectivity index (χ4n) is 2.35. The van der Waals surface area contributed by atoms with Gasteiger partial charge in [-0.25, -0.2) is 0 Å². The molecular weight excluding hydrogens is 232 g/mol. The third kappa shape index (κ3) is 3.80. The Morgan fingerprint density at radius 1 is 1.33 bits per heavy atom. The minimum absolute atomic E-state index is 0.0463. The van der Waals surface area contributed by atoms with E-state index in [2.05, 4.69) is 0 Å². The van der Waals surface area contributed by atoms with Crippen LogP contribution in [0.3, 0.4) is 0 Å². The molecule has 0 spiro atoms. The number of hydrogen-bond acceptors (Lipinski definition) is 4. The van der Waals surface area contributed by atoms with Gasteiger partial charge in [-0.15, -0.1) is 0 Å². The molecule has 1 saturated heterocycles. The quantitative estimate of drug-likeness (QED) is 0.709. The summed E-state index contributed by atoms with van der Waals surface area (Å²) in [6.07, 6.45) is 2.97. The van der Waals surface area contributed by atoms with Gasteiger partial charge in [0, 0.05) is 6.42 Å². The maximum atomic E-state index is 11.9. The van der Waals surface area contributed by atoms with Crippen molar-refractivity contribution < 1.29 is 19.1 Å². The number of Topliss-reactive ketones (excluding diaryl/α,β-unsaturated/α-hetero) is 1. The first-order chi connectivity index (χ1) is 8.37. The molecule has 0 unspecified atom stereocenters. The SMILES string of the molecule is CCOC(=O)C(C)(C)[C@H]1CCC[C@@H](CC(C)=O)O1. The van der Waals surface area contributed by atoms with E-state index in [-0.39, 0.29) is 24.0 Å². The number of carbonyl (C=O) groups excluding carboxylic acids is 2. The Labute approximate surface area is 109 Å². The number of carbonyl (C=O) groups is 2. The molecule has 18 heavy (non-hydrogen) atoms. The van der Waals surface area contributed by atoms with E-state index in [9.17, 15) is 9.59 Å². The lowest BCUT2D eigenvalue weighted by atomic mass is 9.81. The highest BCUT2D eigenvalue weighted by Crippen LogP contribution is 2.34. The van der Waals surface area contributed by atoms with E-state index in [1.54, 1.807) is 13.8 Å². The average molecular weight is 256 g/mol. The predicted octanol–water partition coefficient (Wildman–Crippen LogP) is 2.49. The molecule has 0 aromatic carbocycles. The molecule has 0 aromatic heterocycles. The largest absolute Gasteiger partial charge is 0.466 e. The molecule has 1 aliphatic heterocycles. The van der Waals surface area contributed by atoms with Crippen LogP contribution in [-0.2, 0) is 19.1 Å². The molecular formula is C14H24O4. The molecule has 0 radical (unpaired) electrons. The van der Waals surface area contributed by atoms with Crippen LogP contribution in [0.2, 0.25) is 0 Å². The molecule has 1 aliphatic rings. The molecule has 0 saturated carbocycles. The fraction of sp³-hybridized carbons (Fsp3) is 0.857. The Bertz CT molecular complexity index is 309. The van der Waals surface area contributed by atoms with Crippen LogP contribution in [0.1, 0.15) is 53.4 Å². The number of ketones is 1. The van der Waals surface area contributed by atoms with E-state index in [0.717, 1.165) is 19.3 Å². The highest BCUT2D eigenvalue weighted by Gasteiger charge is 2.41. The Morgan fingerprint density at radius 2 is 2.00 bits per heavy atom. The van der Waals surface area contributed by atoms with Gasteiger partial charge in [0.05, 0.1) is 24.2 Å². The second-order valence-electron chi connectivity index (χ2n) is 5.53. The smallest absolute Gasteiger partial charge is 0.314 e. The fourth-order valence-corrected chi connectivity index (χ4v) is 2.35. The van der Waals surface area contributed by atoms with Crippen molar-refractivity contribution in [3.05, 3.63) is 0 Å². The van der Waals surface area contributed by atoms with Crippen LogP contribution in [0, 0.1) is 5.41 Å². The first kappa shape index (κ1) is 15.2. The van der Waals surface area contributed by atoms with Crippen molar-refractivity contribution in [3.8, 4) is 0 Å². The van der Waals surface area contributed by atoms with Gasteiger partial charge in [-0.1, -0.05) is 0 Å². The van der Waals surface area contributed by atoms with Gasteiger partial charge in [-0.3, -0.25) is 9.59 Å². The molecule has 1 fully saturated rings. The van der Waals surface area contributed by atoms with E-state index >= 15 is 0 Å². The van der Waals surface area contributed by atoms with Gasteiger partial charge in [0.1, 0.15) is 5.78 Å². The van der Waals surface area contributed by atoms with Crippen LogP contribution < -0.4 is 0 Å². The summed E-state index contributed by atoms with van der Waals surface area (Å²) in [6, 6.07) is 0. The zero-order valence-electron chi connectivity index (χ0n) is 11.8. The number of hydrogen-bond donors (Lipinski definition) is 0. The maximum absolute atomic E-state index is 11.9. The van der Waals surface area contributed by atoms with E-state index in [1.807, 2.05) is 13.8 Å². The van der Waals surface area contributed by atoms with Crippen LogP contribution >= 0.6 is 0 Å². The summed E-state index contributed by atoms with van der Waals surface area (Å²) in [7, 11) is 0. The highest BCUT2D eigenvalue weighted by atomic mass is 16.5. The molecule has 1 rings (SSSR count). The van der Waals surface area contributed by atoms with Gasteiger partial charge in [-0.05, 0) is 47.0 Å². The number of esters is 1. The topological polar surface area (TPSA) is 52.6 Å². The minimum atomic E-state index is -0.647. The maximum Gasteiger partial charge on any atom is 0.314 e. The summed E-state index contributed by atoms with van der Waals surface area (Å²) in [5, 5.41) is 0. The Hall–Kier alpha value is -0.900. The normalized spacial score (nSPS) is 24.7. The Kier molecular flexibility index (Phi) is 5.32. The molecule has 0 aliphatic carbocycles. The van der Waals surface area contributed by atoms with Crippen molar-refractivity contribution in [1.82, 2.24) is 0 Å². The molecule has 0 bridgehead atoms. The lowest BCUT2D eigenvalue weighted by molar-refractivity contribution is -0.171. The molecule has 0 amide bonds. The van der Waals surface area contributed by atoms with Gasteiger partial charge in [0.2, 0.25) is 0 Å². The molecule has 4 heteroatoms. The molecule has 0 aromatic rings. The highest BCUT2D eigenvalue weighted by molar-refractivity contribution is 5.77. The first-order valence-corrected chi connectivity index (χ1v) is 6.70. The molecule has 0 N–H and O–H groups in total. The number of ether oxygens (including phenoxy) is 2. The van der Waals surface area contributed by atoms with Crippen LogP contribution in [0.25, 0.3) is 0 Å². The van der Waals surface area contributed by atoms with Gasteiger partial charge < -0.3 is 9.47 Å². The summed E-state index contributed by atoms with van der Waals surface area (Å²) in [6.45, 7) is 7.46. The summed E-state index contributed by atoms with van der Waals surface area (Å²) >= 11 is 0. The standard InChI is InChI=1S/C14H24O4/c1-5-17-13(16)14(3,4)12-8-6-7-11(18-12)9-10(2)15/h11-12H,5-9H2,1-4H3/t11-,12+/m0/s1. The Morgan fingerprint density at radius 3 is 2.56 bits per heavy atom. The van der Waals surface area contributed by atoms with Crippen molar-refractivity contribution in [1.29, 1.82) is 0 Å². The molecule has 2 atom stereocenters. The van der Waals surface area contributed by atoms with Crippen molar-refractivity contribution in [2.75, 3.05) is 6.61 Å². The van der Waals surface area contributed by atoms with E-state index in [4.69, 9.17) is 9.47 Å². The van der Waals surface area contributed by atoms with Gasteiger partial charge in [0.25, 0.3) is 0 Å². The second-order valence-corrected chi connectivity index (χ2v) is 5.53. The molecule has 1 heterocycles. The van der Waals surface area contributed by atoms with E-state index < -0.39 is 5.41 Å². The van der Waals surface area contributed by atoms with Crippen molar-refractivity contribution >= 4 is 11.8 Å². The summed E-state index contributed by atoms with van der Waals surface area (Å²) in [5.74, 6) is -0.0898. The third-order valence-corrected chi connectivity index (χ3v) is 3.47. The average Bonchev–Trinajstić information content (AvgIpc) is 2.28. The lowest BCUT2D eigenvalue weighted by Crippen LogP contribution is -2.44. The number of rotatable bonds is 5. The molecule has 104 valence electrons. The first-order valence-electron chi connectivity index (χ1n) is 6.70. The predicted molar refractivity (Wildman–Crippen MR) is 68.2 cm³/mol. The van der Waals surface area contributed by atoms with Crippen LogP contribution in [0.5, 0.6) is 0 Å². The summed E-state index contributed by atoms with van der Waals surface area (Å²) in [4.78, 5) is 23.1. The van der Waals surface area contributed by atoms with Gasteiger partial charge >= 0.3 is 5.97 Å². The van der Waals surface area contributed by atoms with E-state index in [0.29, 0.717) is 13.0 Å². The van der Waals surface area contributed by atoms with Crippen molar-refractivity contribution in [3.63, 3.8) is 0 Å². The van der Waals surface area contributed by atoms with Crippen molar-refractivity contribution in [2.24, 2.45) is 5.41 Å². The Balaban J connectivity index is 2.64. The lowest BCUT2D eigenvalue weighted by Gasteiger charge is -2.38. The van der Waals surface area contributed by atoms with Crippen LogP contribution in [0.15, 0.2) is 0 Å². The monoisotopic (exact) mass is 256 g/mol. The third-order valence-electron chi connectivity index (χ3n) is 3.47. The zero-order valence-corrected chi connectivity index (χ0v) is 11.8. The van der Waals surface area contributed by atoms with Crippen LogP contribution in [-0.4, -0.2) is 30.6 Å². The van der Waals surface area contributed by atoms with Gasteiger partial charge in [0.15, 0.2) is 0 Å². The van der Waals surface area contributed by atoms with Crippen molar-refractivity contribution in [2.45, 2.75) is 65.6 Å². The molecule has 4 nitrogen and oxygen atoms in total.